The number of aryl methyl sites for hydroxylation is 1. The SMILES string of the molecule is CCc1nc(C(N)=O)c(Nc2ccc(N3CCN(C)CC3)c(C(F)(F)F)c2)nc1NCc1ccc(C(=O)OC)cc1. The van der Waals surface area contributed by atoms with Gasteiger partial charge in [-0.25, -0.2) is 14.8 Å². The van der Waals surface area contributed by atoms with Crippen LogP contribution in [0.25, 0.3) is 0 Å². The summed E-state index contributed by atoms with van der Waals surface area (Å²) in [4.78, 5) is 36.5. The zero-order valence-corrected chi connectivity index (χ0v) is 23.0. The molecule has 218 valence electrons. The van der Waals surface area contributed by atoms with Crippen molar-refractivity contribution in [2.75, 3.05) is 55.9 Å². The number of halogens is 3. The number of rotatable bonds is 9. The Morgan fingerprint density at radius 2 is 1.71 bits per heavy atom. The fourth-order valence-electron chi connectivity index (χ4n) is 4.48. The van der Waals surface area contributed by atoms with Crippen LogP contribution in [0.5, 0.6) is 0 Å². The first kappa shape index (κ1) is 29.6. The first-order valence-electron chi connectivity index (χ1n) is 13.0. The van der Waals surface area contributed by atoms with Crippen LogP contribution in [0.2, 0.25) is 0 Å². The van der Waals surface area contributed by atoms with Gasteiger partial charge in [-0.3, -0.25) is 4.79 Å². The summed E-state index contributed by atoms with van der Waals surface area (Å²) in [5.41, 5.74) is 6.44. The number of benzene rings is 2. The lowest BCUT2D eigenvalue weighted by Gasteiger charge is -2.35. The summed E-state index contributed by atoms with van der Waals surface area (Å²) in [5, 5.41) is 5.98. The van der Waals surface area contributed by atoms with Gasteiger partial charge in [0.15, 0.2) is 17.3 Å². The molecule has 0 saturated carbocycles. The predicted molar refractivity (Wildman–Crippen MR) is 149 cm³/mol. The number of nitrogens with zero attached hydrogens (tertiary/aromatic N) is 4. The Kier molecular flexibility index (Phi) is 8.96. The molecule has 1 fully saturated rings. The van der Waals surface area contributed by atoms with Crippen LogP contribution in [0.15, 0.2) is 42.5 Å². The molecule has 1 saturated heterocycles. The molecule has 1 aliphatic rings. The highest BCUT2D eigenvalue weighted by Crippen LogP contribution is 2.39. The molecule has 2 heterocycles. The molecule has 1 aromatic heterocycles. The Labute approximate surface area is 235 Å². The molecule has 0 radical (unpaired) electrons. The molecular weight excluding hydrogens is 539 g/mol. The summed E-state index contributed by atoms with van der Waals surface area (Å²) in [6, 6.07) is 10.7. The van der Waals surface area contributed by atoms with Crippen molar-refractivity contribution >= 4 is 34.9 Å². The van der Waals surface area contributed by atoms with E-state index in [2.05, 4.69) is 25.5 Å². The molecule has 0 unspecified atom stereocenters. The smallest absolute Gasteiger partial charge is 0.418 e. The van der Waals surface area contributed by atoms with Gasteiger partial charge < -0.3 is 30.9 Å². The lowest BCUT2D eigenvalue weighted by atomic mass is 10.1. The lowest BCUT2D eigenvalue weighted by molar-refractivity contribution is -0.137. The average Bonchev–Trinajstić information content (AvgIpc) is 2.95. The van der Waals surface area contributed by atoms with Gasteiger partial charge in [-0.15, -0.1) is 0 Å². The molecule has 2 aromatic carbocycles. The van der Waals surface area contributed by atoms with E-state index in [1.54, 1.807) is 29.2 Å². The molecule has 41 heavy (non-hydrogen) atoms. The monoisotopic (exact) mass is 571 g/mol. The van der Waals surface area contributed by atoms with Gasteiger partial charge in [0.1, 0.15) is 0 Å². The maximum Gasteiger partial charge on any atom is 0.418 e. The van der Waals surface area contributed by atoms with E-state index in [0.717, 1.165) is 11.6 Å². The summed E-state index contributed by atoms with van der Waals surface area (Å²) >= 11 is 0. The van der Waals surface area contributed by atoms with Crippen LogP contribution in [0.1, 0.15) is 44.6 Å². The second-order valence-electron chi connectivity index (χ2n) is 9.62. The van der Waals surface area contributed by atoms with E-state index in [-0.39, 0.29) is 22.9 Å². The van der Waals surface area contributed by atoms with Gasteiger partial charge in [-0.1, -0.05) is 19.1 Å². The number of aromatic nitrogens is 2. The predicted octanol–water partition coefficient (Wildman–Crippen LogP) is 4.05. The highest BCUT2D eigenvalue weighted by Gasteiger charge is 2.36. The van der Waals surface area contributed by atoms with Gasteiger partial charge in [0.2, 0.25) is 0 Å². The molecule has 4 rings (SSSR count). The standard InChI is InChI=1S/C28H32F3N7O3/c1-4-21-25(33-16-17-5-7-18(8-6-17)27(40)41-3)36-26(23(35-21)24(32)39)34-19-9-10-22(20(15-19)28(29,30)31)38-13-11-37(2)12-14-38/h5-10,15H,4,11-14,16H2,1-3H3,(H2,32,39)(H2,33,34,36). The molecule has 0 bridgehead atoms. The maximum atomic E-state index is 14.1. The number of carbonyl (C=O) groups is 2. The summed E-state index contributed by atoms with van der Waals surface area (Å²) in [5.74, 6) is -1.06. The van der Waals surface area contributed by atoms with Crippen molar-refractivity contribution in [1.82, 2.24) is 14.9 Å². The number of primary amides is 1. The fraction of sp³-hybridized carbons (Fsp3) is 0.357. The molecule has 1 aliphatic heterocycles. The zero-order chi connectivity index (χ0) is 29.7. The Bertz CT molecular complexity index is 1410. The van der Waals surface area contributed by atoms with Gasteiger partial charge in [-0.05, 0) is 49.4 Å². The summed E-state index contributed by atoms with van der Waals surface area (Å²) < 4.78 is 47.1. The molecular formula is C28H32F3N7O3. The minimum absolute atomic E-state index is 0.0706. The van der Waals surface area contributed by atoms with Gasteiger partial charge >= 0.3 is 12.1 Å². The molecule has 0 aliphatic carbocycles. The quantitative estimate of drug-likeness (QED) is 0.326. The van der Waals surface area contributed by atoms with E-state index in [1.807, 2.05) is 14.0 Å². The molecule has 3 aromatic rings. The van der Waals surface area contributed by atoms with Crippen molar-refractivity contribution < 1.29 is 27.5 Å². The highest BCUT2D eigenvalue weighted by atomic mass is 19.4. The second kappa shape index (κ2) is 12.4. The molecule has 4 N–H and O–H groups in total. The average molecular weight is 572 g/mol. The van der Waals surface area contributed by atoms with Crippen LogP contribution in [-0.4, -0.2) is 67.1 Å². The third-order valence-corrected chi connectivity index (χ3v) is 6.78. The summed E-state index contributed by atoms with van der Waals surface area (Å²) in [6.07, 6.45) is -4.19. The van der Waals surface area contributed by atoms with Crippen LogP contribution in [0.4, 0.5) is 36.2 Å². The number of likely N-dealkylation sites (N-methyl/N-ethyl adjacent to an activating group) is 1. The van der Waals surface area contributed by atoms with Crippen LogP contribution in [0, 0.1) is 0 Å². The third kappa shape index (κ3) is 7.04. The van der Waals surface area contributed by atoms with Crippen molar-refractivity contribution in [3.8, 4) is 0 Å². The minimum atomic E-state index is -4.60. The van der Waals surface area contributed by atoms with Crippen LogP contribution < -0.4 is 21.3 Å². The number of nitrogens with one attached hydrogen (secondary N) is 2. The summed E-state index contributed by atoms with van der Waals surface area (Å²) in [6.45, 7) is 4.39. The van der Waals surface area contributed by atoms with Crippen molar-refractivity contribution in [3.05, 3.63) is 70.5 Å². The normalized spacial score (nSPS) is 14.0. The number of esters is 1. The van der Waals surface area contributed by atoms with E-state index in [4.69, 9.17) is 10.5 Å². The highest BCUT2D eigenvalue weighted by molar-refractivity contribution is 5.96. The van der Waals surface area contributed by atoms with Gasteiger partial charge in [-0.2, -0.15) is 13.2 Å². The molecule has 13 heteroatoms. The Morgan fingerprint density at radius 1 is 1.02 bits per heavy atom. The fourth-order valence-corrected chi connectivity index (χ4v) is 4.48. The van der Waals surface area contributed by atoms with Crippen LogP contribution >= 0.6 is 0 Å². The number of hydrogen-bond acceptors (Lipinski definition) is 9. The maximum absolute atomic E-state index is 14.1. The van der Waals surface area contributed by atoms with E-state index in [1.165, 1.54) is 19.2 Å². The van der Waals surface area contributed by atoms with E-state index in [9.17, 15) is 22.8 Å². The largest absolute Gasteiger partial charge is 0.465 e. The number of anilines is 4. The molecule has 0 atom stereocenters. The van der Waals surface area contributed by atoms with Crippen molar-refractivity contribution in [3.63, 3.8) is 0 Å². The Morgan fingerprint density at radius 3 is 2.29 bits per heavy atom. The number of amides is 1. The number of hydrogen-bond donors (Lipinski definition) is 3. The Balaban J connectivity index is 1.63. The lowest BCUT2D eigenvalue weighted by Crippen LogP contribution is -2.45. The zero-order valence-electron chi connectivity index (χ0n) is 23.0. The van der Waals surface area contributed by atoms with Crippen molar-refractivity contribution in [2.45, 2.75) is 26.1 Å². The first-order chi connectivity index (χ1) is 19.5. The van der Waals surface area contributed by atoms with Gasteiger partial charge in [0.05, 0.1) is 23.9 Å². The number of methoxy groups -OCH3 is 1. The first-order valence-corrected chi connectivity index (χ1v) is 13.0. The van der Waals surface area contributed by atoms with Crippen molar-refractivity contribution in [2.24, 2.45) is 5.73 Å². The third-order valence-electron chi connectivity index (χ3n) is 6.78. The topological polar surface area (TPSA) is 126 Å². The minimum Gasteiger partial charge on any atom is -0.465 e. The molecule has 1 amide bonds. The number of carbonyl (C=O) groups excluding carboxylic acids is 2. The number of nitrogens with two attached hydrogens (primary N) is 1. The second-order valence-corrected chi connectivity index (χ2v) is 9.62. The Hall–Kier alpha value is -4.39. The molecule has 10 nitrogen and oxygen atoms in total. The molecule has 0 spiro atoms. The summed E-state index contributed by atoms with van der Waals surface area (Å²) in [7, 11) is 3.23. The van der Waals surface area contributed by atoms with Crippen LogP contribution in [0.3, 0.4) is 0 Å². The van der Waals surface area contributed by atoms with Gasteiger partial charge in [0, 0.05) is 44.1 Å². The number of alkyl halides is 3. The van der Waals surface area contributed by atoms with Crippen molar-refractivity contribution in [1.29, 1.82) is 0 Å². The van der Waals surface area contributed by atoms with E-state index < -0.39 is 23.6 Å². The van der Waals surface area contributed by atoms with Crippen LogP contribution in [-0.2, 0) is 23.9 Å². The van der Waals surface area contributed by atoms with Gasteiger partial charge in [0.25, 0.3) is 5.91 Å². The number of ether oxygens (including phenoxy) is 1. The number of piperazine rings is 1. The van der Waals surface area contributed by atoms with E-state index >= 15 is 0 Å². The van der Waals surface area contributed by atoms with E-state index in [0.29, 0.717) is 56.2 Å².